The van der Waals surface area contributed by atoms with Gasteiger partial charge in [0.1, 0.15) is 22.3 Å². The van der Waals surface area contributed by atoms with Crippen LogP contribution in [0.5, 0.6) is 0 Å². The van der Waals surface area contributed by atoms with E-state index in [-0.39, 0.29) is 22.3 Å². The highest BCUT2D eigenvalue weighted by Gasteiger charge is 2.28. The summed E-state index contributed by atoms with van der Waals surface area (Å²) in [6, 6.07) is 2.46. The van der Waals surface area contributed by atoms with Gasteiger partial charge in [0.25, 0.3) is 0 Å². The lowest BCUT2D eigenvalue weighted by molar-refractivity contribution is 0.581. The van der Waals surface area contributed by atoms with Crippen LogP contribution in [0.3, 0.4) is 0 Å². The fraction of sp³-hybridized carbons (Fsp3) is 0.462. The number of hydrogen-bond acceptors (Lipinski definition) is 3. The van der Waals surface area contributed by atoms with Crippen molar-refractivity contribution < 1.29 is 8.78 Å². The van der Waals surface area contributed by atoms with Crippen LogP contribution in [0.1, 0.15) is 24.8 Å². The fourth-order valence-corrected chi connectivity index (χ4v) is 3.46. The minimum Gasteiger partial charge on any atom is -0.389 e. The highest BCUT2D eigenvalue weighted by molar-refractivity contribution is 7.99. The summed E-state index contributed by atoms with van der Waals surface area (Å²) in [6.45, 7) is 0. The number of thiocarbonyl (C=S) groups is 1. The average molecular weight is 302 g/mol. The standard InChI is InChI=1S/C13H16F2N2S2/c1-19-11-4-2-3-10(11)17-12-8(14)5-7(13(16)18)6-9(12)15/h5-6,10-11,17H,2-4H2,1H3,(H2,16,18). The summed E-state index contributed by atoms with van der Waals surface area (Å²) in [6.07, 6.45) is 5.11. The summed E-state index contributed by atoms with van der Waals surface area (Å²) in [5, 5.41) is 3.39. The molecule has 0 radical (unpaired) electrons. The van der Waals surface area contributed by atoms with Gasteiger partial charge in [-0.25, -0.2) is 8.78 Å². The molecule has 0 spiro atoms. The van der Waals surface area contributed by atoms with Gasteiger partial charge < -0.3 is 11.1 Å². The first-order valence-electron chi connectivity index (χ1n) is 6.11. The molecule has 1 aromatic rings. The lowest BCUT2D eigenvalue weighted by atomic mass is 10.1. The van der Waals surface area contributed by atoms with Gasteiger partial charge >= 0.3 is 0 Å². The Hall–Kier alpha value is -0.880. The van der Waals surface area contributed by atoms with Gasteiger partial charge in [0, 0.05) is 16.9 Å². The van der Waals surface area contributed by atoms with Crippen LogP contribution < -0.4 is 11.1 Å². The molecular weight excluding hydrogens is 286 g/mol. The number of thioether (sulfide) groups is 1. The van der Waals surface area contributed by atoms with Crippen molar-refractivity contribution in [2.45, 2.75) is 30.6 Å². The summed E-state index contributed by atoms with van der Waals surface area (Å²) >= 11 is 6.46. The van der Waals surface area contributed by atoms with E-state index in [1.807, 2.05) is 6.26 Å². The molecule has 2 rings (SSSR count). The highest BCUT2D eigenvalue weighted by atomic mass is 32.2. The number of halogens is 2. The maximum atomic E-state index is 13.9. The normalized spacial score (nSPS) is 22.5. The van der Waals surface area contributed by atoms with E-state index in [4.69, 9.17) is 18.0 Å². The molecule has 0 heterocycles. The average Bonchev–Trinajstić information content (AvgIpc) is 2.80. The smallest absolute Gasteiger partial charge is 0.150 e. The van der Waals surface area contributed by atoms with E-state index in [0.29, 0.717) is 5.25 Å². The molecule has 6 heteroatoms. The third kappa shape index (κ3) is 3.17. The van der Waals surface area contributed by atoms with Crippen molar-refractivity contribution in [3.8, 4) is 0 Å². The Kier molecular flexibility index (Phi) is 4.62. The topological polar surface area (TPSA) is 38.0 Å². The molecule has 3 N–H and O–H groups in total. The second-order valence-electron chi connectivity index (χ2n) is 4.64. The largest absolute Gasteiger partial charge is 0.389 e. The Bertz CT molecular complexity index is 471. The summed E-state index contributed by atoms with van der Waals surface area (Å²) < 4.78 is 27.9. The molecule has 2 unspecified atom stereocenters. The van der Waals surface area contributed by atoms with Crippen LogP contribution in [0.4, 0.5) is 14.5 Å². The predicted octanol–water partition coefficient (Wildman–Crippen LogP) is 3.30. The Morgan fingerprint density at radius 1 is 1.37 bits per heavy atom. The van der Waals surface area contributed by atoms with Crippen LogP contribution >= 0.6 is 24.0 Å². The first kappa shape index (κ1) is 14.5. The molecule has 0 saturated heterocycles. The molecule has 2 atom stereocenters. The van der Waals surface area contributed by atoms with Crippen LogP contribution in [0.15, 0.2) is 12.1 Å². The molecule has 1 aromatic carbocycles. The molecule has 19 heavy (non-hydrogen) atoms. The number of nitrogens with one attached hydrogen (secondary N) is 1. The maximum absolute atomic E-state index is 13.9. The number of hydrogen-bond donors (Lipinski definition) is 2. The van der Waals surface area contributed by atoms with Crippen molar-refractivity contribution in [2.24, 2.45) is 5.73 Å². The maximum Gasteiger partial charge on any atom is 0.150 e. The summed E-state index contributed by atoms with van der Waals surface area (Å²) in [5.74, 6) is -1.29. The molecule has 104 valence electrons. The molecule has 1 saturated carbocycles. The first-order chi connectivity index (χ1) is 9.02. The number of rotatable bonds is 4. The summed E-state index contributed by atoms with van der Waals surface area (Å²) in [4.78, 5) is -0.00722. The van der Waals surface area contributed by atoms with Gasteiger partial charge in [-0.2, -0.15) is 11.8 Å². The lowest BCUT2D eigenvalue weighted by Gasteiger charge is -2.21. The van der Waals surface area contributed by atoms with Crippen molar-refractivity contribution in [1.82, 2.24) is 0 Å². The fourth-order valence-electron chi connectivity index (χ4n) is 2.41. The number of nitrogens with two attached hydrogens (primary N) is 1. The van der Waals surface area contributed by atoms with Crippen LogP contribution in [0.2, 0.25) is 0 Å². The molecule has 0 amide bonds. The van der Waals surface area contributed by atoms with E-state index < -0.39 is 11.6 Å². The summed E-state index contributed by atoms with van der Waals surface area (Å²) in [7, 11) is 0. The van der Waals surface area contributed by atoms with Crippen molar-refractivity contribution in [1.29, 1.82) is 0 Å². The van der Waals surface area contributed by atoms with Crippen molar-refractivity contribution in [3.05, 3.63) is 29.3 Å². The number of anilines is 1. The van der Waals surface area contributed by atoms with Gasteiger partial charge in [-0.1, -0.05) is 18.6 Å². The van der Waals surface area contributed by atoms with E-state index in [2.05, 4.69) is 5.32 Å². The molecule has 2 nitrogen and oxygen atoms in total. The van der Waals surface area contributed by atoms with Gasteiger partial charge in [0.05, 0.1) is 0 Å². The SMILES string of the molecule is CSC1CCCC1Nc1c(F)cc(C(N)=S)cc1F. The Labute approximate surface area is 121 Å². The van der Waals surface area contributed by atoms with E-state index in [1.54, 1.807) is 11.8 Å². The van der Waals surface area contributed by atoms with Crippen molar-refractivity contribution in [3.63, 3.8) is 0 Å². The monoisotopic (exact) mass is 302 g/mol. The highest BCUT2D eigenvalue weighted by Crippen LogP contribution is 2.32. The van der Waals surface area contributed by atoms with Crippen LogP contribution in [-0.2, 0) is 0 Å². The van der Waals surface area contributed by atoms with E-state index in [9.17, 15) is 8.78 Å². The van der Waals surface area contributed by atoms with Gasteiger partial charge in [-0.15, -0.1) is 0 Å². The Balaban J connectivity index is 2.23. The molecule has 1 fully saturated rings. The lowest BCUT2D eigenvalue weighted by Crippen LogP contribution is -2.27. The molecule has 0 aliphatic heterocycles. The van der Waals surface area contributed by atoms with E-state index >= 15 is 0 Å². The molecule has 0 aromatic heterocycles. The quantitative estimate of drug-likeness (QED) is 0.837. The third-order valence-corrected chi connectivity index (χ3v) is 4.82. The predicted molar refractivity (Wildman–Crippen MR) is 80.8 cm³/mol. The number of benzene rings is 1. The zero-order valence-corrected chi connectivity index (χ0v) is 12.2. The first-order valence-corrected chi connectivity index (χ1v) is 7.80. The zero-order chi connectivity index (χ0) is 14.0. The van der Waals surface area contributed by atoms with Crippen LogP contribution in [0, 0.1) is 11.6 Å². The summed E-state index contributed by atoms with van der Waals surface area (Å²) in [5.41, 5.74) is 5.52. The van der Waals surface area contributed by atoms with E-state index in [0.717, 1.165) is 19.3 Å². The van der Waals surface area contributed by atoms with Gasteiger partial charge in [-0.3, -0.25) is 0 Å². The van der Waals surface area contributed by atoms with Crippen molar-refractivity contribution >= 4 is 34.7 Å². The second-order valence-corrected chi connectivity index (χ2v) is 6.15. The minimum atomic E-state index is -0.644. The Morgan fingerprint density at radius 3 is 2.53 bits per heavy atom. The third-order valence-electron chi connectivity index (χ3n) is 3.41. The second kappa shape index (κ2) is 6.05. The van der Waals surface area contributed by atoms with Gasteiger partial charge in [0.2, 0.25) is 0 Å². The Morgan fingerprint density at radius 2 is 2.00 bits per heavy atom. The van der Waals surface area contributed by atoms with E-state index in [1.165, 1.54) is 12.1 Å². The molecule has 1 aliphatic rings. The zero-order valence-electron chi connectivity index (χ0n) is 10.6. The van der Waals surface area contributed by atoms with Crippen molar-refractivity contribution in [2.75, 3.05) is 11.6 Å². The molecule has 1 aliphatic carbocycles. The van der Waals surface area contributed by atoms with Gasteiger partial charge in [0.15, 0.2) is 0 Å². The molecule has 0 bridgehead atoms. The minimum absolute atomic E-state index is 0.00722. The van der Waals surface area contributed by atoms with Crippen LogP contribution in [0.25, 0.3) is 0 Å². The van der Waals surface area contributed by atoms with Crippen LogP contribution in [-0.4, -0.2) is 22.5 Å². The molecular formula is C13H16F2N2S2. The van der Waals surface area contributed by atoms with Gasteiger partial charge in [-0.05, 0) is 31.2 Å².